The van der Waals surface area contributed by atoms with Crippen LogP contribution >= 0.6 is 0 Å². The Morgan fingerprint density at radius 3 is 2.43 bits per heavy atom. The topological polar surface area (TPSA) is 87.6 Å². The first-order valence-corrected chi connectivity index (χ1v) is 11.0. The number of hydrogen-bond donors (Lipinski definition) is 3. The molecule has 30 heavy (non-hydrogen) atoms. The number of amides is 2. The third-order valence-electron chi connectivity index (χ3n) is 6.86. The van der Waals surface area contributed by atoms with E-state index in [0.29, 0.717) is 19.1 Å². The van der Waals surface area contributed by atoms with Crippen LogP contribution in [0.3, 0.4) is 0 Å². The molecule has 2 fully saturated rings. The third kappa shape index (κ3) is 3.55. The Bertz CT molecular complexity index is 865. The number of likely N-dealkylation sites (tertiary alicyclic amines) is 1. The van der Waals surface area contributed by atoms with Crippen LogP contribution in [-0.4, -0.2) is 54.1 Å². The van der Waals surface area contributed by atoms with Crippen LogP contribution in [0.15, 0.2) is 54.6 Å². The van der Waals surface area contributed by atoms with Crippen molar-refractivity contribution in [2.45, 2.75) is 43.8 Å². The minimum absolute atomic E-state index is 0.00411. The Morgan fingerprint density at radius 1 is 1.10 bits per heavy atom. The zero-order chi connectivity index (χ0) is 21.1. The lowest BCUT2D eigenvalue weighted by Gasteiger charge is -2.46. The molecule has 0 aromatic heterocycles. The van der Waals surface area contributed by atoms with Gasteiger partial charge in [-0.3, -0.25) is 0 Å². The van der Waals surface area contributed by atoms with Gasteiger partial charge in [-0.15, -0.1) is 0 Å². The van der Waals surface area contributed by atoms with E-state index < -0.39 is 5.54 Å². The summed E-state index contributed by atoms with van der Waals surface area (Å²) in [5, 5.41) is 3.14. The number of nitrogens with two attached hydrogens (primary N) is 2. The quantitative estimate of drug-likeness (QED) is 0.643. The van der Waals surface area contributed by atoms with Crippen LogP contribution in [-0.2, 0) is 5.54 Å². The van der Waals surface area contributed by atoms with Crippen LogP contribution in [0.1, 0.15) is 37.3 Å². The number of benzene rings is 2. The van der Waals surface area contributed by atoms with Gasteiger partial charge in [0, 0.05) is 36.4 Å². The standard InChI is InChI=1S/C24H33N5O/c1-18(11-14-25)28-15-12-20(13-16-28)29-23(30)27-17-24(29,19-7-3-2-4-8-19)21-9-5-6-10-22(21)26/h2-10,18,20H,11-17,25-26H2,1H3,(H,27,30)/t18?,24-/m1/s1. The molecule has 1 unspecified atom stereocenters. The van der Waals surface area contributed by atoms with Crippen LogP contribution in [0, 0.1) is 0 Å². The highest BCUT2D eigenvalue weighted by atomic mass is 16.2. The van der Waals surface area contributed by atoms with Crippen molar-refractivity contribution in [2.75, 3.05) is 31.9 Å². The minimum atomic E-state index is -0.598. The van der Waals surface area contributed by atoms with E-state index in [1.807, 2.05) is 36.4 Å². The number of carbonyl (C=O) groups excluding carboxylic acids is 1. The number of nitrogen functional groups attached to an aromatic ring is 1. The lowest BCUT2D eigenvalue weighted by Crippen LogP contribution is -2.55. The van der Waals surface area contributed by atoms with Crippen molar-refractivity contribution in [3.05, 3.63) is 65.7 Å². The van der Waals surface area contributed by atoms with Gasteiger partial charge in [0.15, 0.2) is 0 Å². The summed E-state index contributed by atoms with van der Waals surface area (Å²) in [6.45, 7) is 5.43. The second kappa shape index (κ2) is 8.66. The molecule has 2 aromatic rings. The second-order valence-electron chi connectivity index (χ2n) is 8.54. The summed E-state index contributed by atoms with van der Waals surface area (Å²) in [6.07, 6.45) is 2.90. The molecule has 4 rings (SSSR count). The molecule has 0 spiro atoms. The van der Waals surface area contributed by atoms with E-state index >= 15 is 0 Å². The molecular formula is C24H33N5O. The van der Waals surface area contributed by atoms with Gasteiger partial charge >= 0.3 is 6.03 Å². The van der Waals surface area contributed by atoms with Crippen LogP contribution in [0.2, 0.25) is 0 Å². The van der Waals surface area contributed by atoms with E-state index in [1.54, 1.807) is 0 Å². The minimum Gasteiger partial charge on any atom is -0.398 e. The maximum atomic E-state index is 13.2. The highest BCUT2D eigenvalue weighted by Crippen LogP contribution is 2.44. The van der Waals surface area contributed by atoms with Gasteiger partial charge in [-0.1, -0.05) is 48.5 Å². The van der Waals surface area contributed by atoms with E-state index in [9.17, 15) is 4.79 Å². The first-order valence-electron chi connectivity index (χ1n) is 11.0. The molecule has 0 bridgehead atoms. The second-order valence-corrected chi connectivity index (χ2v) is 8.54. The average Bonchev–Trinajstić information content (AvgIpc) is 3.13. The van der Waals surface area contributed by atoms with Gasteiger partial charge in [0.2, 0.25) is 0 Å². The number of urea groups is 1. The smallest absolute Gasteiger partial charge is 0.318 e. The van der Waals surface area contributed by atoms with Gasteiger partial charge < -0.3 is 26.6 Å². The largest absolute Gasteiger partial charge is 0.398 e. The zero-order valence-corrected chi connectivity index (χ0v) is 17.8. The van der Waals surface area contributed by atoms with Crippen molar-refractivity contribution < 1.29 is 4.79 Å². The van der Waals surface area contributed by atoms with Gasteiger partial charge in [0.05, 0.1) is 6.54 Å². The summed E-state index contributed by atoms with van der Waals surface area (Å²) in [6, 6.07) is 18.9. The maximum absolute atomic E-state index is 13.2. The molecule has 0 saturated carbocycles. The summed E-state index contributed by atoms with van der Waals surface area (Å²) in [4.78, 5) is 17.8. The van der Waals surface area contributed by atoms with E-state index in [1.165, 1.54) is 0 Å². The average molecular weight is 408 g/mol. The number of nitrogens with one attached hydrogen (secondary N) is 1. The molecule has 2 heterocycles. The van der Waals surface area contributed by atoms with Crippen molar-refractivity contribution >= 4 is 11.7 Å². The molecule has 6 nitrogen and oxygen atoms in total. The van der Waals surface area contributed by atoms with Crippen LogP contribution in [0.5, 0.6) is 0 Å². The monoisotopic (exact) mass is 407 g/mol. The van der Waals surface area contributed by atoms with Gasteiger partial charge in [0.25, 0.3) is 0 Å². The van der Waals surface area contributed by atoms with Gasteiger partial charge in [-0.2, -0.15) is 0 Å². The number of carbonyl (C=O) groups is 1. The third-order valence-corrected chi connectivity index (χ3v) is 6.86. The molecular weight excluding hydrogens is 374 g/mol. The predicted molar refractivity (Wildman–Crippen MR) is 121 cm³/mol. The molecule has 2 aliphatic heterocycles. The van der Waals surface area contributed by atoms with Gasteiger partial charge in [0.1, 0.15) is 5.54 Å². The molecule has 160 valence electrons. The molecule has 2 saturated heterocycles. The molecule has 2 atom stereocenters. The molecule has 2 aliphatic rings. The summed E-state index contributed by atoms with van der Waals surface area (Å²) in [7, 11) is 0. The van der Waals surface area contributed by atoms with Crippen LogP contribution in [0.25, 0.3) is 0 Å². The number of para-hydroxylation sites is 1. The Labute approximate surface area is 179 Å². The number of hydrogen-bond acceptors (Lipinski definition) is 4. The lowest BCUT2D eigenvalue weighted by atomic mass is 9.79. The summed E-state index contributed by atoms with van der Waals surface area (Å²) >= 11 is 0. The summed E-state index contributed by atoms with van der Waals surface area (Å²) < 4.78 is 0. The fourth-order valence-electron chi connectivity index (χ4n) is 5.24. The van der Waals surface area contributed by atoms with Gasteiger partial charge in [-0.05, 0) is 44.4 Å². The lowest BCUT2D eigenvalue weighted by molar-refractivity contribution is 0.0728. The highest BCUT2D eigenvalue weighted by Gasteiger charge is 2.52. The van der Waals surface area contributed by atoms with Crippen molar-refractivity contribution in [1.82, 2.24) is 15.1 Å². The number of nitrogens with zero attached hydrogens (tertiary/aromatic N) is 2. The predicted octanol–water partition coefficient (Wildman–Crippen LogP) is 2.74. The van der Waals surface area contributed by atoms with Crippen molar-refractivity contribution in [3.8, 4) is 0 Å². The number of piperidine rings is 1. The zero-order valence-electron chi connectivity index (χ0n) is 17.8. The summed E-state index contributed by atoms with van der Waals surface area (Å²) in [5.41, 5.74) is 14.4. The highest BCUT2D eigenvalue weighted by molar-refractivity contribution is 5.81. The summed E-state index contributed by atoms with van der Waals surface area (Å²) in [5.74, 6) is 0. The van der Waals surface area contributed by atoms with Crippen molar-refractivity contribution in [1.29, 1.82) is 0 Å². The first-order chi connectivity index (χ1) is 14.6. The molecule has 0 radical (unpaired) electrons. The Kier molecular flexibility index (Phi) is 5.97. The molecule has 5 N–H and O–H groups in total. The van der Waals surface area contributed by atoms with E-state index in [2.05, 4.69) is 40.2 Å². The molecule has 0 aliphatic carbocycles. The molecule has 6 heteroatoms. The maximum Gasteiger partial charge on any atom is 0.318 e. The fraction of sp³-hybridized carbons (Fsp3) is 0.458. The fourth-order valence-corrected chi connectivity index (χ4v) is 5.24. The van der Waals surface area contributed by atoms with E-state index in [-0.39, 0.29) is 12.1 Å². The van der Waals surface area contributed by atoms with Gasteiger partial charge in [-0.25, -0.2) is 4.79 Å². The number of rotatable bonds is 6. The van der Waals surface area contributed by atoms with Crippen molar-refractivity contribution in [3.63, 3.8) is 0 Å². The van der Waals surface area contributed by atoms with E-state index in [4.69, 9.17) is 11.5 Å². The van der Waals surface area contributed by atoms with Crippen LogP contribution < -0.4 is 16.8 Å². The Morgan fingerprint density at radius 2 is 1.77 bits per heavy atom. The van der Waals surface area contributed by atoms with E-state index in [0.717, 1.165) is 49.2 Å². The first kappa shape index (κ1) is 20.7. The Hall–Kier alpha value is -2.57. The normalized spacial score (nSPS) is 24.1. The Balaban J connectivity index is 1.71. The molecule has 2 aromatic carbocycles. The SMILES string of the molecule is CC(CCN)N1CCC(N2C(=O)NC[C@@]2(c2ccccc2)c2ccccc2N)CC1. The molecule has 2 amide bonds. The number of anilines is 1. The van der Waals surface area contributed by atoms with Crippen LogP contribution in [0.4, 0.5) is 10.5 Å². The van der Waals surface area contributed by atoms with Crippen molar-refractivity contribution in [2.24, 2.45) is 5.73 Å².